The lowest BCUT2D eigenvalue weighted by Gasteiger charge is -2.16. The van der Waals surface area contributed by atoms with Gasteiger partial charge in [0, 0.05) is 0 Å². The maximum atomic E-state index is 8.21. The van der Waals surface area contributed by atoms with E-state index in [1.807, 2.05) is 0 Å². The van der Waals surface area contributed by atoms with Gasteiger partial charge in [-0.25, -0.2) is 0 Å². The molecule has 2 heteroatoms. The summed E-state index contributed by atoms with van der Waals surface area (Å²) in [5.41, 5.74) is 0.169. The first kappa shape index (κ1) is 7.92. The molecule has 0 aromatic heterocycles. The Bertz CT molecular complexity index is 54.0. The van der Waals surface area contributed by atoms with Crippen LogP contribution in [0.2, 0.25) is 0 Å². The lowest BCUT2D eigenvalue weighted by molar-refractivity contribution is -0.0314. The average molecular weight is 118 g/mol. The molecule has 0 heterocycles. The van der Waals surface area contributed by atoms with E-state index in [0.29, 0.717) is 6.61 Å². The normalized spacial score (nSPS) is 12.0. The highest BCUT2D eigenvalue weighted by Gasteiger charge is 2.08. The molecule has 0 aromatic rings. The van der Waals surface area contributed by atoms with Crippen LogP contribution in [0, 0.1) is 5.41 Å². The fourth-order valence-electron chi connectivity index (χ4n) is 0.352. The molecule has 0 aliphatic rings. The Labute approximate surface area is 50.5 Å². The Morgan fingerprint density at radius 2 is 1.88 bits per heavy atom. The molecule has 0 aliphatic heterocycles. The van der Waals surface area contributed by atoms with Gasteiger partial charge >= 0.3 is 0 Å². The van der Waals surface area contributed by atoms with Crippen LogP contribution in [-0.4, -0.2) is 18.5 Å². The minimum absolute atomic E-state index is 0.169. The molecule has 0 aromatic carbocycles. The smallest absolute Gasteiger partial charge is 0.143 e. The van der Waals surface area contributed by atoms with Crippen molar-refractivity contribution in [3.05, 3.63) is 0 Å². The lowest BCUT2D eigenvalue weighted by atomic mass is 9.99. The van der Waals surface area contributed by atoms with Crippen molar-refractivity contribution in [1.29, 1.82) is 0 Å². The zero-order valence-corrected chi connectivity index (χ0v) is 5.77. The van der Waals surface area contributed by atoms with Gasteiger partial charge in [0.1, 0.15) is 6.79 Å². The highest BCUT2D eigenvalue weighted by atomic mass is 16.6. The van der Waals surface area contributed by atoms with Crippen LogP contribution in [-0.2, 0) is 4.74 Å². The molecule has 0 unspecified atom stereocenters. The molecule has 0 fully saturated rings. The number of hydrogen-bond acceptors (Lipinski definition) is 2. The van der Waals surface area contributed by atoms with E-state index < -0.39 is 0 Å². The van der Waals surface area contributed by atoms with E-state index in [2.05, 4.69) is 20.8 Å². The van der Waals surface area contributed by atoms with Crippen LogP contribution in [0.15, 0.2) is 0 Å². The lowest BCUT2D eigenvalue weighted by Crippen LogP contribution is -2.14. The van der Waals surface area contributed by atoms with Gasteiger partial charge in [0.05, 0.1) is 6.61 Å². The molecule has 2 nitrogen and oxygen atoms in total. The van der Waals surface area contributed by atoms with Crippen molar-refractivity contribution in [2.75, 3.05) is 13.4 Å². The summed E-state index contributed by atoms with van der Waals surface area (Å²) in [4.78, 5) is 0. The monoisotopic (exact) mass is 118 g/mol. The number of hydrogen-bond donors (Lipinski definition) is 1. The van der Waals surface area contributed by atoms with Gasteiger partial charge in [-0.05, 0) is 5.41 Å². The second-order valence-corrected chi connectivity index (χ2v) is 3.04. The van der Waals surface area contributed by atoms with E-state index in [4.69, 9.17) is 9.84 Å². The predicted octanol–water partition coefficient (Wildman–Crippen LogP) is 0.999. The van der Waals surface area contributed by atoms with Gasteiger partial charge < -0.3 is 9.84 Å². The van der Waals surface area contributed by atoms with E-state index in [0.717, 1.165) is 0 Å². The molecule has 8 heavy (non-hydrogen) atoms. The van der Waals surface area contributed by atoms with Crippen LogP contribution in [0.25, 0.3) is 0 Å². The van der Waals surface area contributed by atoms with Crippen LogP contribution < -0.4 is 0 Å². The van der Waals surface area contributed by atoms with Crippen molar-refractivity contribution >= 4 is 0 Å². The van der Waals surface area contributed by atoms with Gasteiger partial charge in [-0.3, -0.25) is 0 Å². The third kappa shape index (κ3) is 5.92. The summed E-state index contributed by atoms with van der Waals surface area (Å²) >= 11 is 0. The summed E-state index contributed by atoms with van der Waals surface area (Å²) in [6.45, 7) is 6.62. The highest BCUT2D eigenvalue weighted by molar-refractivity contribution is 4.57. The first-order chi connectivity index (χ1) is 3.56. The zero-order valence-electron chi connectivity index (χ0n) is 5.77. The van der Waals surface area contributed by atoms with Crippen molar-refractivity contribution < 1.29 is 9.84 Å². The van der Waals surface area contributed by atoms with Crippen LogP contribution >= 0.6 is 0 Å². The maximum absolute atomic E-state index is 8.21. The minimum Gasteiger partial charge on any atom is -0.371 e. The molecule has 0 aliphatic carbocycles. The van der Waals surface area contributed by atoms with E-state index in [9.17, 15) is 0 Å². The molecular formula is C6H14O2. The van der Waals surface area contributed by atoms with Crippen molar-refractivity contribution in [1.82, 2.24) is 0 Å². The molecule has 0 saturated carbocycles. The van der Waals surface area contributed by atoms with E-state index in [1.165, 1.54) is 0 Å². The topological polar surface area (TPSA) is 29.5 Å². The largest absolute Gasteiger partial charge is 0.371 e. The van der Waals surface area contributed by atoms with E-state index in [-0.39, 0.29) is 12.2 Å². The number of ether oxygens (including phenoxy) is 1. The van der Waals surface area contributed by atoms with Gasteiger partial charge in [0.25, 0.3) is 0 Å². The second-order valence-electron chi connectivity index (χ2n) is 3.04. The SMILES string of the molecule is CC(C)(C)COCO. The summed E-state index contributed by atoms with van der Waals surface area (Å²) in [5.74, 6) is 0. The fourth-order valence-corrected chi connectivity index (χ4v) is 0.352. The summed E-state index contributed by atoms with van der Waals surface area (Å²) < 4.78 is 4.75. The number of rotatable bonds is 2. The molecule has 0 rings (SSSR count). The number of aliphatic hydroxyl groups excluding tert-OH is 1. The molecule has 0 saturated heterocycles. The van der Waals surface area contributed by atoms with E-state index in [1.54, 1.807) is 0 Å². The maximum Gasteiger partial charge on any atom is 0.143 e. The molecule has 0 amide bonds. The molecule has 0 atom stereocenters. The molecule has 0 radical (unpaired) electrons. The van der Waals surface area contributed by atoms with Gasteiger partial charge in [0.15, 0.2) is 0 Å². The highest BCUT2D eigenvalue weighted by Crippen LogP contribution is 2.11. The van der Waals surface area contributed by atoms with Crippen LogP contribution in [0.1, 0.15) is 20.8 Å². The molecule has 0 bridgehead atoms. The van der Waals surface area contributed by atoms with E-state index >= 15 is 0 Å². The Morgan fingerprint density at radius 1 is 1.38 bits per heavy atom. The predicted molar refractivity (Wildman–Crippen MR) is 32.5 cm³/mol. The van der Waals surface area contributed by atoms with Gasteiger partial charge in [-0.2, -0.15) is 0 Å². The van der Waals surface area contributed by atoms with Gasteiger partial charge in [-0.15, -0.1) is 0 Å². The quantitative estimate of drug-likeness (QED) is 0.548. The Hall–Kier alpha value is -0.0800. The third-order valence-electron chi connectivity index (χ3n) is 0.626. The second kappa shape index (κ2) is 3.05. The minimum atomic E-state index is -0.169. The first-order valence-electron chi connectivity index (χ1n) is 2.75. The molecule has 0 spiro atoms. The van der Waals surface area contributed by atoms with Crippen molar-refractivity contribution in [3.8, 4) is 0 Å². The van der Waals surface area contributed by atoms with Crippen molar-refractivity contribution in [2.45, 2.75) is 20.8 Å². The average Bonchev–Trinajstić information content (AvgIpc) is 1.59. The summed E-state index contributed by atoms with van der Waals surface area (Å²) in [7, 11) is 0. The third-order valence-corrected chi connectivity index (χ3v) is 0.626. The van der Waals surface area contributed by atoms with Crippen LogP contribution in [0.4, 0.5) is 0 Å². The molecule has 50 valence electrons. The standard InChI is InChI=1S/C6H14O2/c1-6(2,3)4-8-5-7/h7H,4-5H2,1-3H3. The van der Waals surface area contributed by atoms with Gasteiger partial charge in [0.2, 0.25) is 0 Å². The first-order valence-corrected chi connectivity index (χ1v) is 2.75. The van der Waals surface area contributed by atoms with Crippen molar-refractivity contribution in [3.63, 3.8) is 0 Å². The Kier molecular flexibility index (Phi) is 3.02. The summed E-state index contributed by atoms with van der Waals surface area (Å²) in [6, 6.07) is 0. The van der Waals surface area contributed by atoms with Crippen LogP contribution in [0.3, 0.4) is 0 Å². The van der Waals surface area contributed by atoms with Gasteiger partial charge in [-0.1, -0.05) is 20.8 Å². The Morgan fingerprint density at radius 3 is 2.00 bits per heavy atom. The molecule has 1 N–H and O–H groups in total. The zero-order chi connectivity index (χ0) is 6.62. The number of aliphatic hydroxyl groups is 1. The van der Waals surface area contributed by atoms with Crippen LogP contribution in [0.5, 0.6) is 0 Å². The fraction of sp³-hybridized carbons (Fsp3) is 1.00. The molecular weight excluding hydrogens is 104 g/mol. The van der Waals surface area contributed by atoms with Crippen molar-refractivity contribution in [2.24, 2.45) is 5.41 Å². The summed E-state index contributed by atoms with van der Waals surface area (Å²) in [6.07, 6.45) is 0. The Balaban J connectivity index is 3.11. The summed E-state index contributed by atoms with van der Waals surface area (Å²) in [5, 5.41) is 8.21.